The number of hydrogen-bond acceptors (Lipinski definition) is 4. The molecule has 5 heteroatoms. The van der Waals surface area contributed by atoms with E-state index in [4.69, 9.17) is 0 Å². The van der Waals surface area contributed by atoms with Crippen LogP contribution in [0, 0.1) is 12.3 Å². The number of aliphatic imine (C=N–C) groups is 1. The van der Waals surface area contributed by atoms with Crippen molar-refractivity contribution >= 4 is 22.7 Å². The molecular formula is C13H22N4S. The molecule has 100 valence electrons. The van der Waals surface area contributed by atoms with Gasteiger partial charge in [-0.25, -0.2) is 0 Å². The topological polar surface area (TPSA) is 42.2 Å². The van der Waals surface area contributed by atoms with Gasteiger partial charge in [0.25, 0.3) is 0 Å². The average molecular weight is 266 g/mol. The Balaban J connectivity index is 1.89. The Morgan fingerprint density at radius 2 is 2.22 bits per heavy atom. The van der Waals surface area contributed by atoms with Gasteiger partial charge in [-0.05, 0) is 18.8 Å². The first-order valence-electron chi connectivity index (χ1n) is 6.32. The summed E-state index contributed by atoms with van der Waals surface area (Å²) >= 11 is 1.84. The minimum Gasteiger partial charge on any atom is -0.318 e. The molecule has 0 radical (unpaired) electrons. The molecule has 1 aliphatic rings. The van der Waals surface area contributed by atoms with Crippen LogP contribution in [0.15, 0.2) is 11.1 Å². The van der Waals surface area contributed by atoms with Crippen LogP contribution in [0.2, 0.25) is 0 Å². The summed E-state index contributed by atoms with van der Waals surface area (Å²) in [6.45, 7) is 9.80. The summed E-state index contributed by atoms with van der Waals surface area (Å²) in [5.41, 5.74) is 1.51. The number of nitrogens with one attached hydrogen (secondary N) is 1. The van der Waals surface area contributed by atoms with E-state index >= 15 is 0 Å². The van der Waals surface area contributed by atoms with E-state index in [9.17, 15) is 0 Å². The largest absolute Gasteiger partial charge is 0.318 e. The van der Waals surface area contributed by atoms with Gasteiger partial charge in [0.2, 0.25) is 0 Å². The van der Waals surface area contributed by atoms with Gasteiger partial charge in [-0.1, -0.05) is 32.5 Å². The van der Waals surface area contributed by atoms with E-state index in [2.05, 4.69) is 36.2 Å². The molecule has 0 amide bonds. The first kappa shape index (κ1) is 13.5. The fourth-order valence-electron chi connectivity index (χ4n) is 2.01. The highest BCUT2D eigenvalue weighted by Gasteiger charge is 2.25. The summed E-state index contributed by atoms with van der Waals surface area (Å²) in [7, 11) is 1.95. The van der Waals surface area contributed by atoms with Crippen LogP contribution in [0.5, 0.6) is 0 Å². The molecule has 0 aliphatic carbocycles. The van der Waals surface area contributed by atoms with E-state index in [1.54, 1.807) is 0 Å². The highest BCUT2D eigenvalue weighted by Crippen LogP contribution is 2.32. The zero-order chi connectivity index (χ0) is 13.3. The predicted molar refractivity (Wildman–Crippen MR) is 79.3 cm³/mol. The molecule has 0 fully saturated rings. The Labute approximate surface area is 113 Å². The maximum atomic E-state index is 4.55. The fourth-order valence-corrected chi connectivity index (χ4v) is 3.37. The van der Waals surface area contributed by atoms with Gasteiger partial charge in [-0.2, -0.15) is 5.10 Å². The summed E-state index contributed by atoms with van der Waals surface area (Å²) in [5.74, 6) is 0.887. The van der Waals surface area contributed by atoms with Gasteiger partial charge in [-0.15, -0.1) is 0 Å². The van der Waals surface area contributed by atoms with Crippen LogP contribution in [0.3, 0.4) is 0 Å². The number of thioether (sulfide) groups is 1. The quantitative estimate of drug-likeness (QED) is 0.894. The summed E-state index contributed by atoms with van der Waals surface area (Å²) < 4.78 is 1.87. The van der Waals surface area contributed by atoms with Crippen LogP contribution >= 0.6 is 11.8 Å². The number of hydrogen-bond donors (Lipinski definition) is 1. The van der Waals surface area contributed by atoms with E-state index in [-0.39, 0.29) is 0 Å². The second-order valence-electron chi connectivity index (χ2n) is 6.07. The highest BCUT2D eigenvalue weighted by molar-refractivity contribution is 8.15. The van der Waals surface area contributed by atoms with Gasteiger partial charge in [0, 0.05) is 24.1 Å². The summed E-state index contributed by atoms with van der Waals surface area (Å²) in [6, 6.07) is 2.04. The van der Waals surface area contributed by atoms with Gasteiger partial charge in [0.05, 0.1) is 6.54 Å². The molecule has 1 aliphatic heterocycles. The predicted octanol–water partition coefficient (Wildman–Crippen LogP) is 3.05. The lowest BCUT2D eigenvalue weighted by atomic mass is 9.90. The molecule has 0 spiro atoms. The monoisotopic (exact) mass is 266 g/mol. The molecule has 18 heavy (non-hydrogen) atoms. The highest BCUT2D eigenvalue weighted by atomic mass is 32.2. The summed E-state index contributed by atoms with van der Waals surface area (Å²) in [5, 5.41) is 9.28. The van der Waals surface area contributed by atoms with Crippen molar-refractivity contribution in [2.75, 3.05) is 11.9 Å². The van der Waals surface area contributed by atoms with Crippen molar-refractivity contribution in [3.63, 3.8) is 0 Å². The molecular weight excluding hydrogens is 244 g/mol. The number of aromatic nitrogens is 2. The van der Waals surface area contributed by atoms with E-state index < -0.39 is 0 Å². The first-order chi connectivity index (χ1) is 8.33. The number of aryl methyl sites for hydroxylation is 2. The zero-order valence-corrected chi connectivity index (χ0v) is 12.6. The van der Waals surface area contributed by atoms with Crippen molar-refractivity contribution in [1.29, 1.82) is 0 Å². The van der Waals surface area contributed by atoms with Crippen LogP contribution in [0.1, 0.15) is 32.9 Å². The minimum atomic E-state index is 0.365. The second-order valence-corrected chi connectivity index (χ2v) is 7.36. The van der Waals surface area contributed by atoms with E-state index in [1.807, 2.05) is 36.5 Å². The number of rotatable bonds is 2. The molecule has 2 heterocycles. The average Bonchev–Trinajstić information content (AvgIpc) is 2.73. The summed E-state index contributed by atoms with van der Waals surface area (Å²) in [4.78, 5) is 4.55. The van der Waals surface area contributed by atoms with Crippen molar-refractivity contribution in [3.8, 4) is 0 Å². The Morgan fingerprint density at radius 1 is 1.50 bits per heavy atom. The third-order valence-corrected chi connectivity index (χ3v) is 4.01. The minimum absolute atomic E-state index is 0.365. The standard InChI is InChI=1S/C13H22N4S/c1-9-6-11(16-17(9)5)15-12-14-8-10(18-12)7-13(2,3)4/h6,10H,7-8H2,1-5H3,(H,14,15,16). The molecule has 0 saturated carbocycles. The van der Waals surface area contributed by atoms with Crippen molar-refractivity contribution in [3.05, 3.63) is 11.8 Å². The smallest absolute Gasteiger partial charge is 0.162 e. The van der Waals surface area contributed by atoms with Crippen LogP contribution in [0.25, 0.3) is 0 Å². The lowest BCUT2D eigenvalue weighted by Crippen LogP contribution is -2.16. The zero-order valence-electron chi connectivity index (χ0n) is 11.8. The SMILES string of the molecule is Cc1cc(NC2=NCC(CC(C)(C)C)S2)nn1C. The van der Waals surface area contributed by atoms with Gasteiger partial charge in [-0.3, -0.25) is 9.67 Å². The van der Waals surface area contributed by atoms with Gasteiger partial charge in [0.1, 0.15) is 0 Å². The maximum absolute atomic E-state index is 4.55. The van der Waals surface area contributed by atoms with Gasteiger partial charge < -0.3 is 5.32 Å². The molecule has 1 N–H and O–H groups in total. The van der Waals surface area contributed by atoms with Gasteiger partial charge >= 0.3 is 0 Å². The Kier molecular flexibility index (Phi) is 3.71. The molecule has 2 rings (SSSR count). The molecule has 4 nitrogen and oxygen atoms in total. The molecule has 0 bridgehead atoms. The lowest BCUT2D eigenvalue weighted by Gasteiger charge is -2.21. The lowest BCUT2D eigenvalue weighted by molar-refractivity contribution is 0.375. The molecule has 1 aromatic heterocycles. The Hall–Kier alpha value is -0.970. The Morgan fingerprint density at radius 3 is 2.78 bits per heavy atom. The first-order valence-corrected chi connectivity index (χ1v) is 7.20. The van der Waals surface area contributed by atoms with E-state index in [1.165, 1.54) is 6.42 Å². The molecule has 1 atom stereocenters. The second kappa shape index (κ2) is 4.96. The fraction of sp³-hybridized carbons (Fsp3) is 0.692. The van der Waals surface area contributed by atoms with Crippen LogP contribution in [-0.2, 0) is 7.05 Å². The van der Waals surface area contributed by atoms with Gasteiger partial charge in [0.15, 0.2) is 11.0 Å². The number of amidine groups is 1. The molecule has 1 aromatic rings. The van der Waals surface area contributed by atoms with Crippen LogP contribution in [-0.4, -0.2) is 26.7 Å². The Bertz CT molecular complexity index is 437. The normalized spacial score (nSPS) is 20.1. The number of nitrogens with zero attached hydrogens (tertiary/aromatic N) is 3. The van der Waals surface area contributed by atoms with Crippen molar-refractivity contribution in [2.24, 2.45) is 17.5 Å². The number of anilines is 1. The third-order valence-electron chi connectivity index (χ3n) is 2.91. The molecule has 0 saturated heterocycles. The summed E-state index contributed by atoms with van der Waals surface area (Å²) in [6.07, 6.45) is 1.19. The maximum Gasteiger partial charge on any atom is 0.162 e. The van der Waals surface area contributed by atoms with E-state index in [0.29, 0.717) is 10.7 Å². The third kappa shape index (κ3) is 3.51. The van der Waals surface area contributed by atoms with Crippen molar-refractivity contribution in [1.82, 2.24) is 9.78 Å². The van der Waals surface area contributed by atoms with Crippen LogP contribution in [0.4, 0.5) is 5.82 Å². The molecule has 1 unspecified atom stereocenters. The van der Waals surface area contributed by atoms with Crippen molar-refractivity contribution in [2.45, 2.75) is 39.4 Å². The van der Waals surface area contributed by atoms with Crippen molar-refractivity contribution < 1.29 is 0 Å². The van der Waals surface area contributed by atoms with Crippen LogP contribution < -0.4 is 5.32 Å². The van der Waals surface area contributed by atoms with E-state index in [0.717, 1.165) is 23.2 Å². The molecule has 0 aromatic carbocycles.